The molecule has 1 amide bonds. The lowest BCUT2D eigenvalue weighted by molar-refractivity contribution is -0.135. The number of rotatable bonds is 8. The zero-order chi connectivity index (χ0) is 24.0. The minimum absolute atomic E-state index is 0.0204. The summed E-state index contributed by atoms with van der Waals surface area (Å²) in [5, 5.41) is 0. The van der Waals surface area contributed by atoms with Gasteiger partial charge in [0.1, 0.15) is 6.26 Å². The molecule has 3 aliphatic heterocycles. The molecule has 3 aliphatic rings. The average molecular weight is 555 g/mol. The van der Waals surface area contributed by atoms with E-state index in [0.717, 1.165) is 43.2 Å². The second-order valence-electron chi connectivity index (χ2n) is 9.57. The Kier molecular flexibility index (Phi) is 8.93. The molecule has 1 aromatic carbocycles. The molecule has 3 fully saturated rings. The van der Waals surface area contributed by atoms with Crippen molar-refractivity contribution in [2.75, 3.05) is 45.9 Å². The van der Waals surface area contributed by atoms with Crippen LogP contribution in [0.5, 0.6) is 0 Å². The number of carbonyl (C=O) groups is 1. The van der Waals surface area contributed by atoms with Crippen LogP contribution in [0.3, 0.4) is 0 Å². The maximum Gasteiger partial charge on any atom is 0.264 e. The van der Waals surface area contributed by atoms with Gasteiger partial charge in [-0.2, -0.15) is 0 Å². The van der Waals surface area contributed by atoms with Crippen LogP contribution in [-0.2, 0) is 19.6 Å². The third-order valence-corrected chi connectivity index (χ3v) is 9.61. The van der Waals surface area contributed by atoms with Crippen LogP contribution in [0.4, 0.5) is 0 Å². The Morgan fingerprint density at radius 1 is 1.00 bits per heavy atom. The van der Waals surface area contributed by atoms with Gasteiger partial charge >= 0.3 is 0 Å². The lowest BCUT2D eigenvalue weighted by Gasteiger charge is -2.33. The number of sulfonamides is 1. The maximum absolute atomic E-state index is 13.2. The Morgan fingerprint density at radius 3 is 2.38 bits per heavy atom. The molecule has 188 valence electrons. The quantitative estimate of drug-likeness (QED) is 0.451. The second-order valence-corrected chi connectivity index (χ2v) is 12.3. The van der Waals surface area contributed by atoms with Crippen molar-refractivity contribution in [3.05, 3.63) is 40.7 Å². The van der Waals surface area contributed by atoms with Gasteiger partial charge in [-0.1, -0.05) is 15.9 Å². The highest BCUT2D eigenvalue weighted by Gasteiger charge is 2.29. The van der Waals surface area contributed by atoms with Gasteiger partial charge in [0, 0.05) is 24.1 Å². The van der Waals surface area contributed by atoms with Gasteiger partial charge < -0.3 is 14.5 Å². The first-order valence-electron chi connectivity index (χ1n) is 12.5. The molecular weight excluding hydrogens is 518 g/mol. The lowest BCUT2D eigenvalue weighted by atomic mass is 9.93. The number of nitrogens with zero attached hydrogens (tertiary/aromatic N) is 3. The molecule has 0 radical (unpaired) electrons. The van der Waals surface area contributed by atoms with E-state index in [9.17, 15) is 13.2 Å². The molecule has 0 saturated carbocycles. The Balaban J connectivity index is 1.26. The summed E-state index contributed by atoms with van der Waals surface area (Å²) in [5.74, 6) is 0.681. The molecule has 4 rings (SSSR count). The van der Waals surface area contributed by atoms with Crippen LogP contribution in [0, 0.1) is 5.92 Å². The Labute approximate surface area is 212 Å². The van der Waals surface area contributed by atoms with Crippen LogP contribution in [0.2, 0.25) is 0 Å². The highest BCUT2D eigenvalue weighted by atomic mass is 79.9. The van der Waals surface area contributed by atoms with E-state index < -0.39 is 10.0 Å². The topological polar surface area (TPSA) is 70.2 Å². The van der Waals surface area contributed by atoms with Crippen molar-refractivity contribution in [2.45, 2.75) is 56.3 Å². The monoisotopic (exact) mass is 553 g/mol. The van der Waals surface area contributed by atoms with Gasteiger partial charge in [-0.05, 0) is 101 Å². The number of piperidine rings is 2. The predicted molar refractivity (Wildman–Crippen MR) is 136 cm³/mol. The molecule has 0 unspecified atom stereocenters. The largest absolute Gasteiger partial charge is 0.490 e. The van der Waals surface area contributed by atoms with E-state index in [0.29, 0.717) is 24.6 Å². The van der Waals surface area contributed by atoms with Crippen LogP contribution >= 0.6 is 15.9 Å². The summed E-state index contributed by atoms with van der Waals surface area (Å²) in [4.78, 5) is 17.4. The van der Waals surface area contributed by atoms with E-state index in [1.165, 1.54) is 49.5 Å². The molecule has 0 aliphatic carbocycles. The van der Waals surface area contributed by atoms with Crippen molar-refractivity contribution >= 4 is 31.9 Å². The fraction of sp³-hybridized carbons (Fsp3) is 0.640. The summed E-state index contributed by atoms with van der Waals surface area (Å²) in [6.45, 7) is 5.62. The van der Waals surface area contributed by atoms with E-state index in [4.69, 9.17) is 4.74 Å². The molecule has 3 saturated heterocycles. The molecule has 34 heavy (non-hydrogen) atoms. The van der Waals surface area contributed by atoms with Gasteiger partial charge in [-0.15, -0.1) is 0 Å². The first-order chi connectivity index (χ1) is 16.4. The van der Waals surface area contributed by atoms with E-state index >= 15 is 0 Å². The van der Waals surface area contributed by atoms with E-state index in [-0.39, 0.29) is 17.4 Å². The summed E-state index contributed by atoms with van der Waals surface area (Å²) >= 11 is 3.35. The molecule has 1 aromatic rings. The number of likely N-dealkylation sites (tertiary alicyclic amines) is 2. The minimum Gasteiger partial charge on any atom is -0.490 e. The van der Waals surface area contributed by atoms with Crippen molar-refractivity contribution in [2.24, 2.45) is 5.92 Å². The highest BCUT2D eigenvalue weighted by molar-refractivity contribution is 9.10. The molecule has 9 heteroatoms. The normalized spacial score (nSPS) is 21.9. The van der Waals surface area contributed by atoms with Crippen molar-refractivity contribution in [1.29, 1.82) is 0 Å². The fourth-order valence-electron chi connectivity index (χ4n) is 5.10. The molecule has 7 nitrogen and oxygen atoms in total. The summed E-state index contributed by atoms with van der Waals surface area (Å²) in [7, 11) is -3.65. The number of allylic oxidation sites excluding steroid dienone is 1. The predicted octanol–water partition coefficient (Wildman–Crippen LogP) is 4.21. The van der Waals surface area contributed by atoms with Gasteiger partial charge in [-0.25, -0.2) is 8.42 Å². The molecular formula is C25H36BrN3O4S. The number of halogens is 1. The van der Waals surface area contributed by atoms with E-state index in [1.807, 2.05) is 4.90 Å². The first kappa shape index (κ1) is 25.5. The fourth-order valence-corrected chi connectivity index (χ4v) is 6.91. The van der Waals surface area contributed by atoms with E-state index in [2.05, 4.69) is 20.8 Å². The smallest absolute Gasteiger partial charge is 0.264 e. The summed E-state index contributed by atoms with van der Waals surface area (Å²) in [6, 6.07) is 6.66. The van der Waals surface area contributed by atoms with Gasteiger partial charge in [0.2, 0.25) is 0 Å². The first-order valence-corrected chi connectivity index (χ1v) is 14.8. The third kappa shape index (κ3) is 6.55. The van der Waals surface area contributed by atoms with Crippen molar-refractivity contribution in [3.63, 3.8) is 0 Å². The molecule has 0 bridgehead atoms. The zero-order valence-electron chi connectivity index (χ0n) is 19.8. The van der Waals surface area contributed by atoms with Gasteiger partial charge in [0.15, 0.2) is 6.61 Å². The molecule has 0 atom stereocenters. The van der Waals surface area contributed by atoms with Crippen LogP contribution in [0.1, 0.15) is 51.4 Å². The number of ether oxygens (including phenoxy) is 1. The number of amides is 1. The Morgan fingerprint density at radius 2 is 1.68 bits per heavy atom. The van der Waals surface area contributed by atoms with Crippen molar-refractivity contribution in [1.82, 2.24) is 14.1 Å². The second kappa shape index (κ2) is 11.9. The van der Waals surface area contributed by atoms with Crippen molar-refractivity contribution in [3.8, 4) is 0 Å². The Hall–Kier alpha value is -1.58. The number of benzene rings is 1. The molecule has 0 aromatic heterocycles. The lowest BCUT2D eigenvalue weighted by Crippen LogP contribution is -2.41. The highest BCUT2D eigenvalue weighted by Crippen LogP contribution is 2.29. The SMILES string of the molecule is O=C(COC=C1CCCCN1S(=O)(=O)c1ccc(Br)cc1)N1CCC(CCN2CCCC2)CC1. The average Bonchev–Trinajstić information content (AvgIpc) is 3.37. The molecule has 0 spiro atoms. The van der Waals surface area contributed by atoms with Gasteiger partial charge in [-0.3, -0.25) is 9.10 Å². The van der Waals surface area contributed by atoms with Gasteiger partial charge in [0.25, 0.3) is 15.9 Å². The third-order valence-electron chi connectivity index (χ3n) is 7.21. The summed E-state index contributed by atoms with van der Waals surface area (Å²) in [6.07, 6.45) is 9.81. The molecule has 0 N–H and O–H groups in total. The standard InChI is InChI=1S/C25H36BrN3O4S/c26-22-6-8-24(9-7-22)34(31,32)29-15-2-1-5-23(29)19-33-20-25(30)28-17-11-21(12-18-28)10-16-27-13-3-4-14-27/h6-9,19,21H,1-5,10-18,20H2. The van der Waals surface area contributed by atoms with Crippen LogP contribution in [-0.4, -0.2) is 74.3 Å². The van der Waals surface area contributed by atoms with Crippen LogP contribution in [0.25, 0.3) is 0 Å². The van der Waals surface area contributed by atoms with Crippen LogP contribution in [0.15, 0.2) is 45.6 Å². The Bertz CT molecular complexity index is 953. The number of carbonyl (C=O) groups excluding carboxylic acids is 1. The van der Waals surface area contributed by atoms with Crippen LogP contribution < -0.4 is 0 Å². The zero-order valence-corrected chi connectivity index (χ0v) is 22.2. The molecule has 3 heterocycles. The van der Waals surface area contributed by atoms with Gasteiger partial charge in [0.05, 0.1) is 10.6 Å². The maximum atomic E-state index is 13.2. The number of hydrogen-bond donors (Lipinski definition) is 0. The minimum atomic E-state index is -3.65. The van der Waals surface area contributed by atoms with Crippen molar-refractivity contribution < 1.29 is 17.9 Å². The summed E-state index contributed by atoms with van der Waals surface area (Å²) in [5.41, 5.74) is 0.614. The number of hydrogen-bond acceptors (Lipinski definition) is 5. The van der Waals surface area contributed by atoms with E-state index in [1.54, 1.807) is 24.3 Å². The summed E-state index contributed by atoms with van der Waals surface area (Å²) < 4.78 is 34.2.